The summed E-state index contributed by atoms with van der Waals surface area (Å²) in [5.74, 6) is -1.02. The maximum atomic E-state index is 11.0. The quantitative estimate of drug-likeness (QED) is 0.759. The second-order valence-corrected chi connectivity index (χ2v) is 3.96. The summed E-state index contributed by atoms with van der Waals surface area (Å²) in [6, 6.07) is 5.10. The molecule has 0 spiro atoms. The Labute approximate surface area is 101 Å². The summed E-state index contributed by atoms with van der Waals surface area (Å²) in [6.07, 6.45) is 0. The highest BCUT2D eigenvalue weighted by Crippen LogP contribution is 2.27. The van der Waals surface area contributed by atoms with Gasteiger partial charge < -0.3 is 20.5 Å². The molecule has 3 N–H and O–H groups in total. The summed E-state index contributed by atoms with van der Waals surface area (Å²) in [5.41, 5.74) is 6.97. The third-order valence-corrected chi connectivity index (χ3v) is 2.76. The van der Waals surface area contributed by atoms with Crippen molar-refractivity contribution in [3.05, 3.63) is 23.8 Å². The molecule has 5 nitrogen and oxygen atoms in total. The first kappa shape index (κ1) is 13.3. The van der Waals surface area contributed by atoms with Crippen LogP contribution in [0.25, 0.3) is 0 Å². The van der Waals surface area contributed by atoms with Gasteiger partial charge in [-0.15, -0.1) is 0 Å². The second-order valence-electron chi connectivity index (χ2n) is 3.96. The van der Waals surface area contributed by atoms with Gasteiger partial charge in [0.05, 0.1) is 23.5 Å². The van der Waals surface area contributed by atoms with Crippen LogP contribution in [-0.4, -0.2) is 37.9 Å². The molecule has 0 bridgehead atoms. The standard InChI is InChI=1S/C12H18N2O3/c1-8(7-17-3)14(2)10-6-4-5-9(11(10)13)12(15)16/h4-6,8H,7,13H2,1-3H3,(H,15,16). The van der Waals surface area contributed by atoms with Crippen LogP contribution < -0.4 is 10.6 Å². The van der Waals surface area contributed by atoms with Gasteiger partial charge in [-0.3, -0.25) is 0 Å². The number of aromatic carboxylic acids is 1. The number of carbonyl (C=O) groups is 1. The smallest absolute Gasteiger partial charge is 0.337 e. The number of nitrogens with zero attached hydrogens (tertiary/aromatic N) is 1. The lowest BCUT2D eigenvalue weighted by Gasteiger charge is -2.28. The summed E-state index contributed by atoms with van der Waals surface area (Å²) >= 11 is 0. The van der Waals surface area contributed by atoms with E-state index in [-0.39, 0.29) is 17.3 Å². The van der Waals surface area contributed by atoms with Gasteiger partial charge in [0.15, 0.2) is 0 Å². The molecular weight excluding hydrogens is 220 g/mol. The molecule has 1 unspecified atom stereocenters. The number of nitrogens with two attached hydrogens (primary N) is 1. The summed E-state index contributed by atoms with van der Waals surface area (Å²) in [7, 11) is 3.49. The minimum absolute atomic E-state index is 0.117. The lowest BCUT2D eigenvalue weighted by Crippen LogP contribution is -2.33. The molecule has 0 heterocycles. The highest BCUT2D eigenvalue weighted by atomic mass is 16.5. The second kappa shape index (κ2) is 5.54. The zero-order valence-corrected chi connectivity index (χ0v) is 10.3. The third-order valence-electron chi connectivity index (χ3n) is 2.76. The van der Waals surface area contributed by atoms with E-state index in [2.05, 4.69) is 0 Å². The van der Waals surface area contributed by atoms with Crippen LogP contribution in [0.15, 0.2) is 18.2 Å². The van der Waals surface area contributed by atoms with E-state index in [4.69, 9.17) is 15.6 Å². The Morgan fingerprint density at radius 1 is 1.59 bits per heavy atom. The van der Waals surface area contributed by atoms with Crippen molar-refractivity contribution in [1.82, 2.24) is 0 Å². The van der Waals surface area contributed by atoms with Crippen LogP contribution in [0.5, 0.6) is 0 Å². The number of carboxylic acids is 1. The summed E-state index contributed by atoms with van der Waals surface area (Å²) in [4.78, 5) is 12.9. The van der Waals surface area contributed by atoms with E-state index in [0.29, 0.717) is 12.3 Å². The number of para-hydroxylation sites is 1. The molecule has 5 heteroatoms. The molecule has 0 aliphatic rings. The first-order chi connectivity index (χ1) is 7.99. The number of hydrogen-bond acceptors (Lipinski definition) is 4. The van der Waals surface area contributed by atoms with Gasteiger partial charge in [0.2, 0.25) is 0 Å². The van der Waals surface area contributed by atoms with Crippen molar-refractivity contribution in [1.29, 1.82) is 0 Å². The molecule has 0 radical (unpaired) electrons. The van der Waals surface area contributed by atoms with Crippen molar-refractivity contribution in [3.63, 3.8) is 0 Å². The van der Waals surface area contributed by atoms with Gasteiger partial charge >= 0.3 is 5.97 Å². The topological polar surface area (TPSA) is 75.8 Å². The largest absolute Gasteiger partial charge is 0.478 e. The SMILES string of the molecule is COCC(C)N(C)c1cccc(C(=O)O)c1N. The fourth-order valence-electron chi connectivity index (χ4n) is 1.64. The fraction of sp³-hybridized carbons (Fsp3) is 0.417. The van der Waals surface area contributed by atoms with E-state index in [1.807, 2.05) is 18.9 Å². The van der Waals surface area contributed by atoms with Crippen molar-refractivity contribution in [3.8, 4) is 0 Å². The van der Waals surface area contributed by atoms with Crippen LogP contribution in [0.1, 0.15) is 17.3 Å². The van der Waals surface area contributed by atoms with Gasteiger partial charge in [-0.25, -0.2) is 4.79 Å². The number of hydrogen-bond donors (Lipinski definition) is 2. The van der Waals surface area contributed by atoms with Crippen LogP contribution in [0.2, 0.25) is 0 Å². The third kappa shape index (κ3) is 2.88. The van der Waals surface area contributed by atoms with E-state index >= 15 is 0 Å². The number of nitrogen functional groups attached to an aromatic ring is 1. The van der Waals surface area contributed by atoms with E-state index in [1.54, 1.807) is 19.2 Å². The number of ether oxygens (including phenoxy) is 1. The number of rotatable bonds is 5. The summed E-state index contributed by atoms with van der Waals surface area (Å²) in [5, 5.41) is 8.99. The molecule has 17 heavy (non-hydrogen) atoms. The van der Waals surface area contributed by atoms with Crippen LogP contribution in [0.4, 0.5) is 11.4 Å². The van der Waals surface area contributed by atoms with Crippen molar-refractivity contribution >= 4 is 17.3 Å². The van der Waals surface area contributed by atoms with Gasteiger partial charge in [0.1, 0.15) is 0 Å². The first-order valence-corrected chi connectivity index (χ1v) is 5.32. The molecular formula is C12H18N2O3. The van der Waals surface area contributed by atoms with Crippen molar-refractivity contribution in [2.45, 2.75) is 13.0 Å². The van der Waals surface area contributed by atoms with Crippen LogP contribution in [0, 0.1) is 0 Å². The zero-order valence-electron chi connectivity index (χ0n) is 10.3. The van der Waals surface area contributed by atoms with E-state index in [9.17, 15) is 4.79 Å². The Morgan fingerprint density at radius 3 is 2.76 bits per heavy atom. The maximum Gasteiger partial charge on any atom is 0.337 e. The molecule has 0 amide bonds. The predicted octanol–water partition coefficient (Wildman–Crippen LogP) is 1.44. The molecule has 0 aliphatic carbocycles. The molecule has 0 aromatic heterocycles. The van der Waals surface area contributed by atoms with Gasteiger partial charge in [-0.1, -0.05) is 6.07 Å². The Kier molecular flexibility index (Phi) is 4.34. The number of methoxy groups -OCH3 is 1. The Hall–Kier alpha value is -1.75. The number of benzene rings is 1. The van der Waals surface area contributed by atoms with Gasteiger partial charge in [0, 0.05) is 20.2 Å². The highest BCUT2D eigenvalue weighted by molar-refractivity contribution is 5.97. The lowest BCUT2D eigenvalue weighted by molar-refractivity contribution is 0.0698. The average Bonchev–Trinajstić information content (AvgIpc) is 2.28. The van der Waals surface area contributed by atoms with Crippen LogP contribution in [-0.2, 0) is 4.74 Å². The molecule has 0 aliphatic heterocycles. The number of likely N-dealkylation sites (N-methyl/N-ethyl adjacent to an activating group) is 1. The first-order valence-electron chi connectivity index (χ1n) is 5.32. The molecule has 94 valence electrons. The van der Waals surface area contributed by atoms with Crippen LogP contribution >= 0.6 is 0 Å². The minimum atomic E-state index is -1.02. The normalized spacial score (nSPS) is 12.2. The Balaban J connectivity index is 3.06. The Bertz CT molecular complexity index is 407. The maximum absolute atomic E-state index is 11.0. The van der Waals surface area contributed by atoms with Crippen LogP contribution in [0.3, 0.4) is 0 Å². The van der Waals surface area contributed by atoms with E-state index in [0.717, 1.165) is 0 Å². The molecule has 1 aromatic rings. The lowest BCUT2D eigenvalue weighted by atomic mass is 10.1. The monoisotopic (exact) mass is 238 g/mol. The molecule has 0 saturated heterocycles. The predicted molar refractivity (Wildman–Crippen MR) is 67.6 cm³/mol. The average molecular weight is 238 g/mol. The van der Waals surface area contributed by atoms with Crippen molar-refractivity contribution < 1.29 is 14.6 Å². The molecule has 0 fully saturated rings. The van der Waals surface area contributed by atoms with Gasteiger partial charge in [0.25, 0.3) is 0 Å². The van der Waals surface area contributed by atoms with Crippen molar-refractivity contribution in [2.24, 2.45) is 0 Å². The minimum Gasteiger partial charge on any atom is -0.478 e. The number of carboxylic acid groups (broad SMARTS) is 1. The van der Waals surface area contributed by atoms with Gasteiger partial charge in [-0.2, -0.15) is 0 Å². The molecule has 0 saturated carbocycles. The molecule has 1 aromatic carbocycles. The molecule has 1 atom stereocenters. The van der Waals surface area contributed by atoms with E-state index in [1.165, 1.54) is 6.07 Å². The fourth-order valence-corrected chi connectivity index (χ4v) is 1.64. The Morgan fingerprint density at radius 2 is 2.24 bits per heavy atom. The number of anilines is 2. The van der Waals surface area contributed by atoms with Gasteiger partial charge in [-0.05, 0) is 19.1 Å². The van der Waals surface area contributed by atoms with Crippen molar-refractivity contribution in [2.75, 3.05) is 31.4 Å². The zero-order chi connectivity index (χ0) is 13.0. The van der Waals surface area contributed by atoms with E-state index < -0.39 is 5.97 Å². The summed E-state index contributed by atoms with van der Waals surface area (Å²) < 4.78 is 5.06. The highest BCUT2D eigenvalue weighted by Gasteiger charge is 2.16. The summed E-state index contributed by atoms with van der Waals surface area (Å²) in [6.45, 7) is 2.53. The molecule has 1 rings (SSSR count).